The average Bonchev–Trinajstić information content (AvgIpc) is 2.67. The molecule has 2 aromatic rings. The predicted molar refractivity (Wildman–Crippen MR) is 109 cm³/mol. The third-order valence-corrected chi connectivity index (χ3v) is 3.97. The van der Waals surface area contributed by atoms with Crippen molar-refractivity contribution in [1.29, 1.82) is 0 Å². The number of carbonyl (C=O) groups is 2. The molecule has 2 aromatic carbocycles. The van der Waals surface area contributed by atoms with Crippen molar-refractivity contribution in [3.8, 4) is 11.5 Å². The van der Waals surface area contributed by atoms with E-state index in [1.54, 1.807) is 56.5 Å². The summed E-state index contributed by atoms with van der Waals surface area (Å²) in [6, 6.07) is 11.6. The summed E-state index contributed by atoms with van der Waals surface area (Å²) >= 11 is 11.9. The van der Waals surface area contributed by atoms with Gasteiger partial charge in [-0.1, -0.05) is 29.3 Å². The summed E-state index contributed by atoms with van der Waals surface area (Å²) in [5, 5.41) is 7.35. The van der Waals surface area contributed by atoms with Gasteiger partial charge in [0.1, 0.15) is 11.5 Å². The van der Waals surface area contributed by atoms with Crippen molar-refractivity contribution < 1.29 is 19.1 Å². The molecule has 2 rings (SSSR count). The minimum absolute atomic E-state index is 0.0279. The van der Waals surface area contributed by atoms with Gasteiger partial charge in [-0.25, -0.2) is 5.43 Å². The zero-order valence-corrected chi connectivity index (χ0v) is 16.8. The molecule has 0 aliphatic carbocycles. The van der Waals surface area contributed by atoms with E-state index in [4.69, 9.17) is 32.7 Å². The summed E-state index contributed by atoms with van der Waals surface area (Å²) in [7, 11) is 1.54. The maximum Gasteiger partial charge on any atom is 0.277 e. The van der Waals surface area contributed by atoms with Crippen molar-refractivity contribution >= 4 is 46.4 Å². The highest BCUT2D eigenvalue weighted by atomic mass is 35.5. The van der Waals surface area contributed by atoms with Crippen LogP contribution in [0.2, 0.25) is 10.0 Å². The molecule has 0 saturated heterocycles. The second-order valence-electron chi connectivity index (χ2n) is 5.70. The molecule has 0 heterocycles. The molecule has 0 atom stereocenters. The number of amides is 2. The quantitative estimate of drug-likeness (QED) is 0.497. The van der Waals surface area contributed by atoms with E-state index in [1.165, 1.54) is 0 Å². The van der Waals surface area contributed by atoms with Crippen LogP contribution in [0.3, 0.4) is 0 Å². The zero-order valence-electron chi connectivity index (χ0n) is 15.3. The van der Waals surface area contributed by atoms with Gasteiger partial charge in [-0.15, -0.1) is 0 Å². The first-order valence-electron chi connectivity index (χ1n) is 8.21. The molecule has 0 unspecified atom stereocenters. The Bertz CT molecular complexity index is 887. The highest BCUT2D eigenvalue weighted by Crippen LogP contribution is 2.25. The number of ether oxygens (including phenoxy) is 2. The van der Waals surface area contributed by atoms with E-state index in [-0.39, 0.29) is 18.9 Å². The monoisotopic (exact) mass is 423 g/mol. The van der Waals surface area contributed by atoms with Crippen LogP contribution in [0, 0.1) is 0 Å². The number of carbonyl (C=O) groups excluding carboxylic acids is 2. The van der Waals surface area contributed by atoms with Gasteiger partial charge in [0.25, 0.3) is 5.91 Å². The number of hydrazone groups is 1. The largest absolute Gasteiger partial charge is 0.497 e. The maximum atomic E-state index is 12.1. The molecule has 7 nitrogen and oxygen atoms in total. The van der Waals surface area contributed by atoms with E-state index in [9.17, 15) is 9.59 Å². The number of methoxy groups -OCH3 is 1. The minimum atomic E-state index is -0.458. The van der Waals surface area contributed by atoms with Crippen LogP contribution in [0.4, 0.5) is 5.69 Å². The molecule has 0 aliphatic heterocycles. The molecule has 9 heteroatoms. The summed E-state index contributed by atoms with van der Waals surface area (Å²) in [4.78, 5) is 23.9. The van der Waals surface area contributed by atoms with Crippen LogP contribution < -0.4 is 20.2 Å². The third kappa shape index (κ3) is 7.09. The Morgan fingerprint density at radius 1 is 1.07 bits per heavy atom. The van der Waals surface area contributed by atoms with Crippen LogP contribution in [0.25, 0.3) is 0 Å². The fourth-order valence-corrected chi connectivity index (χ4v) is 2.43. The molecule has 0 spiro atoms. The van der Waals surface area contributed by atoms with E-state index >= 15 is 0 Å². The SMILES string of the molecule is COc1cccc(OCC(=O)N/N=C(/C)CC(=O)Nc2cc(Cl)ccc2Cl)c1. The van der Waals surface area contributed by atoms with Crippen LogP contribution in [0.5, 0.6) is 11.5 Å². The van der Waals surface area contributed by atoms with Crippen molar-refractivity contribution in [2.24, 2.45) is 5.10 Å². The summed E-state index contributed by atoms with van der Waals surface area (Å²) in [5.74, 6) is 0.318. The Morgan fingerprint density at radius 2 is 1.82 bits per heavy atom. The highest BCUT2D eigenvalue weighted by molar-refractivity contribution is 6.35. The molecule has 0 aromatic heterocycles. The Hall–Kier alpha value is -2.77. The van der Waals surface area contributed by atoms with Gasteiger partial charge in [-0.2, -0.15) is 5.10 Å². The number of anilines is 1. The maximum absolute atomic E-state index is 12.1. The summed E-state index contributed by atoms with van der Waals surface area (Å²) in [5.41, 5.74) is 3.15. The lowest BCUT2D eigenvalue weighted by Crippen LogP contribution is -2.26. The van der Waals surface area contributed by atoms with Crippen molar-refractivity contribution in [2.75, 3.05) is 19.0 Å². The fraction of sp³-hybridized carbons (Fsp3) is 0.211. The Morgan fingerprint density at radius 3 is 2.57 bits per heavy atom. The van der Waals surface area contributed by atoms with E-state index in [2.05, 4.69) is 15.8 Å². The second kappa shape index (κ2) is 10.5. The van der Waals surface area contributed by atoms with Gasteiger partial charge in [0.2, 0.25) is 5.91 Å². The lowest BCUT2D eigenvalue weighted by molar-refractivity contribution is -0.123. The van der Waals surface area contributed by atoms with Crippen LogP contribution in [0.1, 0.15) is 13.3 Å². The van der Waals surface area contributed by atoms with E-state index in [1.807, 2.05) is 0 Å². The first kappa shape index (κ1) is 21.5. The molecule has 0 radical (unpaired) electrons. The Labute approximate surface area is 172 Å². The number of hydrogen-bond donors (Lipinski definition) is 2. The molecule has 28 heavy (non-hydrogen) atoms. The molecule has 2 N–H and O–H groups in total. The van der Waals surface area contributed by atoms with Crippen molar-refractivity contribution in [1.82, 2.24) is 5.43 Å². The summed E-state index contributed by atoms with van der Waals surface area (Å²) in [6.07, 6.45) is -0.0279. The standard InChI is InChI=1S/C19H19Cl2N3O4/c1-12(8-18(25)22-17-9-13(20)6-7-16(17)21)23-24-19(26)11-28-15-5-3-4-14(10-15)27-2/h3-7,9-10H,8,11H2,1-2H3,(H,22,25)(H,24,26)/b23-12-. The first-order chi connectivity index (χ1) is 13.4. The molecular formula is C19H19Cl2N3O4. The van der Waals surface area contributed by atoms with Gasteiger partial charge in [0.05, 0.1) is 24.2 Å². The number of benzene rings is 2. The molecule has 0 saturated carbocycles. The van der Waals surface area contributed by atoms with Crippen molar-refractivity contribution in [3.63, 3.8) is 0 Å². The van der Waals surface area contributed by atoms with Gasteiger partial charge >= 0.3 is 0 Å². The second-order valence-corrected chi connectivity index (χ2v) is 6.54. The number of rotatable bonds is 8. The van der Waals surface area contributed by atoms with E-state index in [0.29, 0.717) is 32.9 Å². The minimum Gasteiger partial charge on any atom is -0.497 e. The predicted octanol–water partition coefficient (Wildman–Crippen LogP) is 3.90. The average molecular weight is 424 g/mol. The summed E-state index contributed by atoms with van der Waals surface area (Å²) in [6.45, 7) is 1.39. The zero-order chi connectivity index (χ0) is 20.5. The number of nitrogens with zero attached hydrogens (tertiary/aromatic N) is 1. The molecule has 0 fully saturated rings. The van der Waals surface area contributed by atoms with Crippen molar-refractivity contribution in [2.45, 2.75) is 13.3 Å². The van der Waals surface area contributed by atoms with E-state index in [0.717, 1.165) is 0 Å². The molecule has 148 valence electrons. The summed E-state index contributed by atoms with van der Waals surface area (Å²) < 4.78 is 10.4. The fourth-order valence-electron chi connectivity index (χ4n) is 2.09. The number of hydrogen-bond acceptors (Lipinski definition) is 5. The topological polar surface area (TPSA) is 89.0 Å². The van der Waals surface area contributed by atoms with Gasteiger partial charge < -0.3 is 14.8 Å². The van der Waals surface area contributed by atoms with Crippen LogP contribution >= 0.6 is 23.2 Å². The lowest BCUT2D eigenvalue weighted by Gasteiger charge is -2.08. The third-order valence-electron chi connectivity index (χ3n) is 3.40. The van der Waals surface area contributed by atoms with Gasteiger partial charge in [0.15, 0.2) is 6.61 Å². The smallest absolute Gasteiger partial charge is 0.277 e. The van der Waals surface area contributed by atoms with Crippen LogP contribution in [-0.4, -0.2) is 31.2 Å². The van der Waals surface area contributed by atoms with Crippen LogP contribution in [-0.2, 0) is 9.59 Å². The lowest BCUT2D eigenvalue weighted by atomic mass is 10.2. The molecule has 0 bridgehead atoms. The number of nitrogens with one attached hydrogen (secondary N) is 2. The van der Waals surface area contributed by atoms with Gasteiger partial charge in [0, 0.05) is 16.8 Å². The van der Waals surface area contributed by atoms with Gasteiger partial charge in [-0.3, -0.25) is 9.59 Å². The molecular weight excluding hydrogens is 405 g/mol. The Kier molecular flexibility index (Phi) is 8.10. The number of halogens is 2. The Balaban J connectivity index is 1.80. The normalized spacial score (nSPS) is 10.9. The highest BCUT2D eigenvalue weighted by Gasteiger charge is 2.09. The first-order valence-corrected chi connectivity index (χ1v) is 8.96. The molecule has 2 amide bonds. The molecule has 0 aliphatic rings. The van der Waals surface area contributed by atoms with Gasteiger partial charge in [-0.05, 0) is 37.3 Å². The van der Waals surface area contributed by atoms with E-state index < -0.39 is 5.91 Å². The van der Waals surface area contributed by atoms with Crippen LogP contribution in [0.15, 0.2) is 47.6 Å². The van der Waals surface area contributed by atoms with Crippen molar-refractivity contribution in [3.05, 3.63) is 52.5 Å².